The summed E-state index contributed by atoms with van der Waals surface area (Å²) < 4.78 is 11.1. The Morgan fingerprint density at radius 2 is 1.72 bits per heavy atom. The highest BCUT2D eigenvalue weighted by atomic mass is 35.5. The molecule has 0 bridgehead atoms. The lowest BCUT2D eigenvalue weighted by Gasteiger charge is -2.07. The number of benzene rings is 3. The number of carbonyl (C=O) groups is 1. The fourth-order valence-electron chi connectivity index (χ4n) is 2.75. The summed E-state index contributed by atoms with van der Waals surface area (Å²) >= 11 is 11.9. The monoisotopic (exact) mass is 423 g/mol. The number of ether oxygens (including phenoxy) is 2. The molecule has 0 saturated carbocycles. The summed E-state index contributed by atoms with van der Waals surface area (Å²) in [5.74, 6) is 0.408. The number of esters is 1. The van der Waals surface area contributed by atoms with Gasteiger partial charge in [0.25, 0.3) is 0 Å². The fraction of sp³-hybridized carbons (Fsp3) is 0.0435. The normalized spacial score (nSPS) is 14.6. The van der Waals surface area contributed by atoms with Gasteiger partial charge in [0.15, 0.2) is 5.70 Å². The topological polar surface area (TPSA) is 47.9 Å². The van der Waals surface area contributed by atoms with E-state index in [0.29, 0.717) is 28.0 Å². The number of hydrogen-bond donors (Lipinski definition) is 0. The van der Waals surface area contributed by atoms with Crippen LogP contribution in [0.4, 0.5) is 0 Å². The zero-order valence-corrected chi connectivity index (χ0v) is 16.7. The van der Waals surface area contributed by atoms with Gasteiger partial charge in [-0.1, -0.05) is 53.5 Å². The van der Waals surface area contributed by atoms with Gasteiger partial charge in [-0.25, -0.2) is 9.79 Å². The van der Waals surface area contributed by atoms with Crippen LogP contribution in [-0.4, -0.2) is 11.9 Å². The maximum Gasteiger partial charge on any atom is 0.363 e. The van der Waals surface area contributed by atoms with Gasteiger partial charge in [-0.05, 0) is 59.7 Å². The van der Waals surface area contributed by atoms with Crippen LogP contribution in [0.3, 0.4) is 0 Å². The largest absolute Gasteiger partial charge is 0.489 e. The van der Waals surface area contributed by atoms with E-state index in [1.165, 1.54) is 0 Å². The Morgan fingerprint density at radius 1 is 0.931 bits per heavy atom. The van der Waals surface area contributed by atoms with Crippen molar-refractivity contribution in [3.8, 4) is 5.75 Å². The van der Waals surface area contributed by atoms with Crippen molar-refractivity contribution in [3.05, 3.63) is 105 Å². The molecule has 3 aromatic rings. The summed E-state index contributed by atoms with van der Waals surface area (Å²) in [5, 5.41) is 1.23. The molecule has 1 heterocycles. The predicted octanol–water partition coefficient (Wildman–Crippen LogP) is 5.92. The Kier molecular flexibility index (Phi) is 5.65. The molecular weight excluding hydrogens is 409 g/mol. The lowest BCUT2D eigenvalue weighted by atomic mass is 10.2. The molecule has 0 fully saturated rings. The van der Waals surface area contributed by atoms with Gasteiger partial charge in [-0.3, -0.25) is 0 Å². The Balaban J connectivity index is 1.51. The molecule has 0 unspecified atom stereocenters. The Bertz CT molecular complexity index is 1120. The van der Waals surface area contributed by atoms with E-state index in [9.17, 15) is 4.79 Å². The fourth-order valence-corrected chi connectivity index (χ4v) is 3.07. The number of rotatable bonds is 5. The number of aliphatic imine (C=N–C) groups is 1. The summed E-state index contributed by atoms with van der Waals surface area (Å²) in [6.07, 6.45) is 1.66. The van der Waals surface area contributed by atoms with E-state index in [1.54, 1.807) is 30.3 Å². The first kappa shape index (κ1) is 19.2. The third kappa shape index (κ3) is 4.86. The Hall–Kier alpha value is -3.08. The zero-order chi connectivity index (χ0) is 20.2. The van der Waals surface area contributed by atoms with E-state index in [4.69, 9.17) is 32.7 Å². The highest BCUT2D eigenvalue weighted by molar-refractivity contribution is 6.31. The predicted molar refractivity (Wildman–Crippen MR) is 114 cm³/mol. The van der Waals surface area contributed by atoms with Gasteiger partial charge < -0.3 is 9.47 Å². The SMILES string of the molecule is O=C1OC(c2cccc(Cl)c2)=N/C1=C\c1cccc(OCc2ccc(Cl)cc2)c1. The summed E-state index contributed by atoms with van der Waals surface area (Å²) in [5.41, 5.74) is 2.65. The van der Waals surface area contributed by atoms with E-state index < -0.39 is 5.97 Å². The van der Waals surface area contributed by atoms with Crippen LogP contribution in [0.5, 0.6) is 5.75 Å². The van der Waals surface area contributed by atoms with Crippen molar-refractivity contribution in [1.82, 2.24) is 0 Å². The summed E-state index contributed by atoms with van der Waals surface area (Å²) in [6.45, 7) is 0.413. The quantitative estimate of drug-likeness (QED) is 0.378. The van der Waals surface area contributed by atoms with Gasteiger partial charge >= 0.3 is 5.97 Å². The average molecular weight is 424 g/mol. The molecule has 0 aliphatic carbocycles. The minimum Gasteiger partial charge on any atom is -0.489 e. The standard InChI is InChI=1S/C23H15Cl2NO3/c24-18-9-7-15(8-10-18)14-28-20-6-1-3-16(11-20)12-21-23(27)29-22(26-21)17-4-2-5-19(25)13-17/h1-13H,14H2/b21-12-. The second kappa shape index (κ2) is 8.52. The third-order valence-electron chi connectivity index (χ3n) is 4.17. The molecule has 0 amide bonds. The molecule has 4 rings (SSSR count). The molecule has 0 radical (unpaired) electrons. The third-order valence-corrected chi connectivity index (χ3v) is 4.66. The van der Waals surface area contributed by atoms with E-state index in [0.717, 1.165) is 11.1 Å². The van der Waals surface area contributed by atoms with E-state index in [2.05, 4.69) is 4.99 Å². The smallest absolute Gasteiger partial charge is 0.363 e. The van der Waals surface area contributed by atoms with Gasteiger partial charge in [0, 0.05) is 15.6 Å². The van der Waals surface area contributed by atoms with Crippen LogP contribution >= 0.6 is 23.2 Å². The molecule has 0 spiro atoms. The lowest BCUT2D eigenvalue weighted by Crippen LogP contribution is -2.05. The second-order valence-electron chi connectivity index (χ2n) is 6.33. The molecule has 6 heteroatoms. The first-order valence-electron chi connectivity index (χ1n) is 8.83. The minimum absolute atomic E-state index is 0.217. The van der Waals surface area contributed by atoms with Gasteiger partial charge in [0.2, 0.25) is 5.90 Å². The minimum atomic E-state index is -0.507. The lowest BCUT2D eigenvalue weighted by molar-refractivity contribution is -0.129. The van der Waals surface area contributed by atoms with Crippen LogP contribution in [0.2, 0.25) is 10.0 Å². The molecule has 1 aliphatic heterocycles. The van der Waals surface area contributed by atoms with Crippen molar-refractivity contribution >= 4 is 41.1 Å². The molecule has 4 nitrogen and oxygen atoms in total. The van der Waals surface area contributed by atoms with Crippen molar-refractivity contribution < 1.29 is 14.3 Å². The number of nitrogens with zero attached hydrogens (tertiary/aromatic N) is 1. The first-order valence-corrected chi connectivity index (χ1v) is 9.58. The molecule has 3 aromatic carbocycles. The molecule has 0 aromatic heterocycles. The summed E-state index contributed by atoms with van der Waals surface area (Å²) in [4.78, 5) is 16.5. The number of carbonyl (C=O) groups excluding carboxylic acids is 1. The first-order chi connectivity index (χ1) is 14.1. The number of hydrogen-bond acceptors (Lipinski definition) is 4. The highest BCUT2D eigenvalue weighted by Crippen LogP contribution is 2.23. The van der Waals surface area contributed by atoms with E-state index in [1.807, 2.05) is 48.5 Å². The van der Waals surface area contributed by atoms with Crippen molar-refractivity contribution in [2.45, 2.75) is 6.61 Å². The molecule has 0 atom stereocenters. The highest BCUT2D eigenvalue weighted by Gasteiger charge is 2.24. The van der Waals surface area contributed by atoms with E-state index >= 15 is 0 Å². The van der Waals surface area contributed by atoms with Gasteiger partial charge in [-0.2, -0.15) is 0 Å². The van der Waals surface area contributed by atoms with Crippen molar-refractivity contribution in [2.24, 2.45) is 4.99 Å². The van der Waals surface area contributed by atoms with Gasteiger partial charge in [0.1, 0.15) is 12.4 Å². The Labute approximate surface area is 178 Å². The molecule has 1 aliphatic rings. The molecular formula is C23H15Cl2NO3. The van der Waals surface area contributed by atoms with Crippen molar-refractivity contribution in [3.63, 3.8) is 0 Å². The second-order valence-corrected chi connectivity index (χ2v) is 7.21. The van der Waals surface area contributed by atoms with Crippen LogP contribution in [-0.2, 0) is 16.1 Å². The Morgan fingerprint density at radius 3 is 2.52 bits per heavy atom. The zero-order valence-electron chi connectivity index (χ0n) is 15.1. The maximum atomic E-state index is 12.2. The number of cyclic esters (lactones) is 1. The van der Waals surface area contributed by atoms with E-state index in [-0.39, 0.29) is 11.6 Å². The molecule has 29 heavy (non-hydrogen) atoms. The number of halogens is 2. The van der Waals surface area contributed by atoms with Crippen molar-refractivity contribution in [2.75, 3.05) is 0 Å². The van der Waals surface area contributed by atoms with Crippen LogP contribution in [0, 0.1) is 0 Å². The van der Waals surface area contributed by atoms with Gasteiger partial charge in [-0.15, -0.1) is 0 Å². The molecule has 0 saturated heterocycles. The van der Waals surface area contributed by atoms with Gasteiger partial charge in [0.05, 0.1) is 0 Å². The summed E-state index contributed by atoms with van der Waals surface area (Å²) in [6, 6.07) is 21.9. The van der Waals surface area contributed by atoms with Crippen LogP contribution in [0.25, 0.3) is 6.08 Å². The van der Waals surface area contributed by atoms with Crippen LogP contribution in [0.15, 0.2) is 83.5 Å². The summed E-state index contributed by atoms with van der Waals surface area (Å²) in [7, 11) is 0. The van der Waals surface area contributed by atoms with Crippen LogP contribution < -0.4 is 4.74 Å². The maximum absolute atomic E-state index is 12.2. The average Bonchev–Trinajstić information content (AvgIpc) is 3.08. The molecule has 144 valence electrons. The van der Waals surface area contributed by atoms with Crippen LogP contribution in [0.1, 0.15) is 16.7 Å². The molecule has 0 N–H and O–H groups in total. The van der Waals surface area contributed by atoms with Crippen molar-refractivity contribution in [1.29, 1.82) is 0 Å².